The highest BCUT2D eigenvalue weighted by atomic mass is 35.5. The van der Waals surface area contributed by atoms with Crippen LogP contribution in [-0.2, 0) is 9.53 Å². The predicted octanol–water partition coefficient (Wildman–Crippen LogP) is 2.10. The third-order valence-electron chi connectivity index (χ3n) is 4.09. The van der Waals surface area contributed by atoms with Gasteiger partial charge in [-0.25, -0.2) is 0 Å². The van der Waals surface area contributed by atoms with E-state index >= 15 is 0 Å². The van der Waals surface area contributed by atoms with Crippen molar-refractivity contribution in [3.8, 4) is 11.4 Å². The molecule has 1 aliphatic heterocycles. The molecule has 0 spiro atoms. The molecule has 1 aromatic heterocycles. The van der Waals surface area contributed by atoms with Gasteiger partial charge in [0.1, 0.15) is 0 Å². The van der Waals surface area contributed by atoms with Crippen LogP contribution in [-0.4, -0.2) is 45.9 Å². The number of nitrogens with one attached hydrogen (secondary N) is 1. The Kier molecular flexibility index (Phi) is 5.42. The van der Waals surface area contributed by atoms with Gasteiger partial charge in [-0.15, -0.1) is 10.2 Å². The summed E-state index contributed by atoms with van der Waals surface area (Å²) in [5.74, 6) is 0.770. The molecule has 2 heterocycles. The summed E-state index contributed by atoms with van der Waals surface area (Å²) >= 11 is 5.88. The number of tetrazole rings is 1. The van der Waals surface area contributed by atoms with Crippen LogP contribution in [0.4, 0.5) is 0 Å². The molecule has 0 aliphatic carbocycles. The van der Waals surface area contributed by atoms with Gasteiger partial charge in [-0.05, 0) is 42.3 Å². The second-order valence-corrected chi connectivity index (χ2v) is 6.28. The molecule has 1 amide bonds. The Balaban J connectivity index is 1.66. The zero-order chi connectivity index (χ0) is 16.9. The van der Waals surface area contributed by atoms with Crippen LogP contribution in [0.1, 0.15) is 25.8 Å². The number of hydrogen-bond acceptors (Lipinski definition) is 5. The highest BCUT2D eigenvalue weighted by Crippen LogP contribution is 2.18. The van der Waals surface area contributed by atoms with Crippen molar-refractivity contribution in [1.29, 1.82) is 0 Å². The van der Waals surface area contributed by atoms with E-state index in [1.807, 2.05) is 19.1 Å². The van der Waals surface area contributed by atoms with Crippen molar-refractivity contribution < 1.29 is 9.53 Å². The van der Waals surface area contributed by atoms with E-state index in [4.69, 9.17) is 16.3 Å². The molecule has 1 aliphatic rings. The van der Waals surface area contributed by atoms with E-state index in [9.17, 15) is 4.79 Å². The van der Waals surface area contributed by atoms with Crippen LogP contribution in [0.5, 0.6) is 0 Å². The van der Waals surface area contributed by atoms with Crippen molar-refractivity contribution in [2.45, 2.75) is 25.8 Å². The maximum atomic E-state index is 12.4. The van der Waals surface area contributed by atoms with Gasteiger partial charge < -0.3 is 10.1 Å². The number of rotatable bonds is 6. The fraction of sp³-hybridized carbons (Fsp3) is 0.500. The first-order chi connectivity index (χ1) is 11.7. The van der Waals surface area contributed by atoms with Crippen molar-refractivity contribution in [2.75, 3.05) is 19.8 Å². The Labute approximate surface area is 145 Å². The van der Waals surface area contributed by atoms with E-state index < -0.39 is 6.04 Å². The van der Waals surface area contributed by atoms with Crippen molar-refractivity contribution in [3.05, 3.63) is 29.3 Å². The van der Waals surface area contributed by atoms with Gasteiger partial charge in [0.2, 0.25) is 11.7 Å². The van der Waals surface area contributed by atoms with E-state index in [0.29, 0.717) is 36.3 Å². The quantitative estimate of drug-likeness (QED) is 0.863. The van der Waals surface area contributed by atoms with Crippen LogP contribution in [0.2, 0.25) is 5.02 Å². The van der Waals surface area contributed by atoms with Crippen molar-refractivity contribution in [1.82, 2.24) is 25.5 Å². The molecule has 1 fully saturated rings. The first-order valence-electron chi connectivity index (χ1n) is 8.08. The standard InChI is InChI=1S/C16H20ClN5O2/c1-2-14(16(23)18-9-11-7-8-24-10-11)22-20-15(19-21-22)12-3-5-13(17)6-4-12/h3-6,11,14H,2,7-10H2,1H3,(H,18,23). The zero-order valence-corrected chi connectivity index (χ0v) is 14.2. The molecule has 1 aromatic carbocycles. The monoisotopic (exact) mass is 349 g/mol. The van der Waals surface area contributed by atoms with Crippen LogP contribution >= 0.6 is 11.6 Å². The molecule has 0 saturated carbocycles. The van der Waals surface area contributed by atoms with Crippen molar-refractivity contribution in [2.24, 2.45) is 5.92 Å². The van der Waals surface area contributed by atoms with Gasteiger partial charge >= 0.3 is 0 Å². The lowest BCUT2D eigenvalue weighted by atomic mass is 10.1. The summed E-state index contributed by atoms with van der Waals surface area (Å²) in [6, 6.07) is 6.72. The average molecular weight is 350 g/mol. The lowest BCUT2D eigenvalue weighted by Crippen LogP contribution is -2.36. The molecule has 24 heavy (non-hydrogen) atoms. The van der Waals surface area contributed by atoms with Crippen LogP contribution in [0.15, 0.2) is 24.3 Å². The van der Waals surface area contributed by atoms with E-state index in [1.54, 1.807) is 12.1 Å². The molecular weight excluding hydrogens is 330 g/mol. The lowest BCUT2D eigenvalue weighted by molar-refractivity contribution is -0.125. The maximum Gasteiger partial charge on any atom is 0.246 e. The number of ether oxygens (including phenoxy) is 1. The van der Waals surface area contributed by atoms with Gasteiger partial charge in [0.15, 0.2) is 6.04 Å². The molecule has 7 nitrogen and oxygen atoms in total. The maximum absolute atomic E-state index is 12.4. The minimum atomic E-state index is -0.471. The van der Waals surface area contributed by atoms with Crippen LogP contribution in [0.3, 0.4) is 0 Å². The number of aromatic nitrogens is 4. The number of carbonyl (C=O) groups is 1. The lowest BCUT2D eigenvalue weighted by Gasteiger charge is -2.15. The highest BCUT2D eigenvalue weighted by Gasteiger charge is 2.23. The molecule has 1 saturated heterocycles. The van der Waals surface area contributed by atoms with Crippen molar-refractivity contribution in [3.63, 3.8) is 0 Å². The molecule has 0 bridgehead atoms. The first-order valence-corrected chi connectivity index (χ1v) is 8.46. The van der Waals surface area contributed by atoms with E-state index in [-0.39, 0.29) is 5.91 Å². The third kappa shape index (κ3) is 3.91. The Morgan fingerprint density at radius 2 is 2.25 bits per heavy atom. The molecule has 3 rings (SSSR count). The number of hydrogen-bond donors (Lipinski definition) is 1. The van der Waals surface area contributed by atoms with Crippen LogP contribution < -0.4 is 5.32 Å². The minimum Gasteiger partial charge on any atom is -0.381 e. The molecule has 0 radical (unpaired) electrons. The Bertz CT molecular complexity index is 682. The summed E-state index contributed by atoms with van der Waals surface area (Å²) < 4.78 is 5.32. The second-order valence-electron chi connectivity index (χ2n) is 5.84. The topological polar surface area (TPSA) is 81.9 Å². The smallest absolute Gasteiger partial charge is 0.246 e. The average Bonchev–Trinajstić information content (AvgIpc) is 3.26. The Morgan fingerprint density at radius 3 is 2.92 bits per heavy atom. The molecule has 2 unspecified atom stereocenters. The molecule has 2 aromatic rings. The summed E-state index contributed by atoms with van der Waals surface area (Å²) in [4.78, 5) is 13.8. The van der Waals surface area contributed by atoms with E-state index in [0.717, 1.165) is 18.6 Å². The zero-order valence-electron chi connectivity index (χ0n) is 13.5. The van der Waals surface area contributed by atoms with Gasteiger partial charge in [0.25, 0.3) is 0 Å². The van der Waals surface area contributed by atoms with Gasteiger partial charge in [-0.3, -0.25) is 4.79 Å². The summed E-state index contributed by atoms with van der Waals surface area (Å²) in [6.07, 6.45) is 1.57. The van der Waals surface area contributed by atoms with E-state index in [1.165, 1.54) is 4.80 Å². The Hall–Kier alpha value is -1.99. The van der Waals surface area contributed by atoms with Crippen LogP contribution in [0, 0.1) is 5.92 Å². The minimum absolute atomic E-state index is 0.0931. The van der Waals surface area contributed by atoms with Gasteiger partial charge in [0.05, 0.1) is 6.61 Å². The van der Waals surface area contributed by atoms with Gasteiger partial charge in [-0.2, -0.15) is 4.80 Å². The number of carbonyl (C=O) groups excluding carboxylic acids is 1. The molecule has 8 heteroatoms. The summed E-state index contributed by atoms with van der Waals surface area (Å²) in [7, 11) is 0. The number of benzene rings is 1. The Morgan fingerprint density at radius 1 is 1.46 bits per heavy atom. The summed E-state index contributed by atoms with van der Waals surface area (Å²) in [5.41, 5.74) is 0.809. The molecule has 2 atom stereocenters. The highest BCUT2D eigenvalue weighted by molar-refractivity contribution is 6.30. The normalized spacial score (nSPS) is 18.5. The fourth-order valence-electron chi connectivity index (χ4n) is 2.63. The summed E-state index contributed by atoms with van der Waals surface area (Å²) in [5, 5.41) is 16.0. The molecule has 128 valence electrons. The van der Waals surface area contributed by atoms with E-state index in [2.05, 4.69) is 20.7 Å². The molecule has 1 N–H and O–H groups in total. The SMILES string of the molecule is CCC(C(=O)NCC1CCOC1)n1nnc(-c2ccc(Cl)cc2)n1. The number of nitrogens with zero attached hydrogens (tertiary/aromatic N) is 4. The largest absolute Gasteiger partial charge is 0.381 e. The summed E-state index contributed by atoms with van der Waals surface area (Å²) in [6.45, 7) is 4.02. The number of halogens is 1. The third-order valence-corrected chi connectivity index (χ3v) is 4.34. The number of amides is 1. The molecular formula is C16H20ClN5O2. The van der Waals surface area contributed by atoms with Crippen molar-refractivity contribution >= 4 is 17.5 Å². The fourth-order valence-corrected chi connectivity index (χ4v) is 2.76. The predicted molar refractivity (Wildman–Crippen MR) is 89.5 cm³/mol. The van der Waals surface area contributed by atoms with Crippen LogP contribution in [0.25, 0.3) is 11.4 Å². The van der Waals surface area contributed by atoms with Gasteiger partial charge in [0, 0.05) is 29.7 Å². The first kappa shape index (κ1) is 16.9. The van der Waals surface area contributed by atoms with Gasteiger partial charge in [-0.1, -0.05) is 18.5 Å². The second kappa shape index (κ2) is 7.72.